The van der Waals surface area contributed by atoms with Gasteiger partial charge < -0.3 is 15.5 Å². The first kappa shape index (κ1) is 16.4. The zero-order chi connectivity index (χ0) is 15.0. The first-order valence-corrected chi connectivity index (χ1v) is 7.20. The van der Waals surface area contributed by atoms with Crippen LogP contribution in [0, 0.1) is 0 Å². The molecule has 2 N–H and O–H groups in total. The molecule has 0 spiro atoms. The monoisotopic (exact) mass is 294 g/mol. The van der Waals surface area contributed by atoms with Gasteiger partial charge in [0.05, 0.1) is 4.99 Å². The van der Waals surface area contributed by atoms with Crippen LogP contribution < -0.4 is 5.73 Å². The number of amides is 2. The Balaban J connectivity index is 2.78. The van der Waals surface area contributed by atoms with Crippen molar-refractivity contribution in [2.75, 3.05) is 19.6 Å². The van der Waals surface area contributed by atoms with Gasteiger partial charge in [-0.3, -0.25) is 4.98 Å². The highest BCUT2D eigenvalue weighted by molar-refractivity contribution is 7.80. The van der Waals surface area contributed by atoms with Gasteiger partial charge in [-0.05, 0) is 25.5 Å². The fourth-order valence-electron chi connectivity index (χ4n) is 1.89. The van der Waals surface area contributed by atoms with Gasteiger partial charge in [0.15, 0.2) is 0 Å². The molecule has 110 valence electrons. The van der Waals surface area contributed by atoms with Crippen LogP contribution in [0.1, 0.15) is 25.8 Å². The molecule has 0 aliphatic rings. The molecule has 0 radical (unpaired) electrons. The summed E-state index contributed by atoms with van der Waals surface area (Å²) in [5, 5.41) is 0. The van der Waals surface area contributed by atoms with E-state index >= 15 is 0 Å². The Bertz CT molecular complexity index is 434. The van der Waals surface area contributed by atoms with Gasteiger partial charge in [0, 0.05) is 45.0 Å². The van der Waals surface area contributed by atoms with Crippen molar-refractivity contribution in [1.82, 2.24) is 14.8 Å². The number of pyridine rings is 1. The van der Waals surface area contributed by atoms with Crippen molar-refractivity contribution < 1.29 is 4.79 Å². The summed E-state index contributed by atoms with van der Waals surface area (Å²) in [7, 11) is 0. The van der Waals surface area contributed by atoms with Gasteiger partial charge in [0.25, 0.3) is 0 Å². The summed E-state index contributed by atoms with van der Waals surface area (Å²) in [6, 6.07) is 3.83. The van der Waals surface area contributed by atoms with Crippen molar-refractivity contribution in [3.8, 4) is 0 Å². The number of nitrogens with two attached hydrogens (primary N) is 1. The largest absolute Gasteiger partial charge is 0.393 e. The molecule has 20 heavy (non-hydrogen) atoms. The van der Waals surface area contributed by atoms with E-state index in [0.717, 1.165) is 5.56 Å². The SMILES string of the molecule is CCN(CC)C(=O)N(CCC(N)=S)Cc1cccnc1. The van der Waals surface area contributed by atoms with Crippen molar-refractivity contribution >= 4 is 23.2 Å². The van der Waals surface area contributed by atoms with E-state index in [9.17, 15) is 4.79 Å². The number of rotatable bonds is 7. The molecule has 0 saturated heterocycles. The van der Waals surface area contributed by atoms with Crippen LogP contribution >= 0.6 is 12.2 Å². The van der Waals surface area contributed by atoms with Crippen molar-refractivity contribution in [3.05, 3.63) is 30.1 Å². The molecule has 1 aromatic heterocycles. The van der Waals surface area contributed by atoms with E-state index < -0.39 is 0 Å². The van der Waals surface area contributed by atoms with Crippen LogP contribution in [-0.4, -0.2) is 45.4 Å². The molecular weight excluding hydrogens is 272 g/mol. The molecule has 0 fully saturated rings. The molecule has 0 saturated carbocycles. The van der Waals surface area contributed by atoms with E-state index in [1.54, 1.807) is 22.2 Å². The number of urea groups is 1. The zero-order valence-corrected chi connectivity index (χ0v) is 12.9. The Labute approximate surface area is 125 Å². The fourth-order valence-corrected chi connectivity index (χ4v) is 1.98. The molecule has 5 nitrogen and oxygen atoms in total. The molecule has 1 heterocycles. The summed E-state index contributed by atoms with van der Waals surface area (Å²) < 4.78 is 0. The quantitative estimate of drug-likeness (QED) is 0.782. The maximum atomic E-state index is 12.5. The van der Waals surface area contributed by atoms with E-state index in [0.29, 0.717) is 37.6 Å². The van der Waals surface area contributed by atoms with E-state index in [1.807, 2.05) is 26.0 Å². The van der Waals surface area contributed by atoms with Crippen molar-refractivity contribution in [3.63, 3.8) is 0 Å². The summed E-state index contributed by atoms with van der Waals surface area (Å²) >= 11 is 4.90. The molecule has 0 aromatic carbocycles. The highest BCUT2D eigenvalue weighted by atomic mass is 32.1. The summed E-state index contributed by atoms with van der Waals surface area (Å²) in [5.41, 5.74) is 6.54. The molecule has 0 bridgehead atoms. The third-order valence-corrected chi connectivity index (χ3v) is 3.23. The van der Waals surface area contributed by atoms with Crippen LogP contribution in [0.4, 0.5) is 4.79 Å². The van der Waals surface area contributed by atoms with Crippen molar-refractivity contribution in [2.45, 2.75) is 26.8 Å². The second-order valence-electron chi connectivity index (χ2n) is 4.45. The van der Waals surface area contributed by atoms with Gasteiger partial charge in [0.1, 0.15) is 0 Å². The molecular formula is C14H22N4OS. The molecule has 0 atom stereocenters. The fraction of sp³-hybridized carbons (Fsp3) is 0.500. The summed E-state index contributed by atoms with van der Waals surface area (Å²) in [4.78, 5) is 20.5. The Kier molecular flexibility index (Phi) is 6.93. The van der Waals surface area contributed by atoms with Crippen LogP contribution in [0.5, 0.6) is 0 Å². The van der Waals surface area contributed by atoms with Gasteiger partial charge in [-0.15, -0.1) is 0 Å². The average molecular weight is 294 g/mol. The Morgan fingerprint density at radius 3 is 2.55 bits per heavy atom. The molecule has 1 aromatic rings. The van der Waals surface area contributed by atoms with E-state index in [-0.39, 0.29) is 6.03 Å². The lowest BCUT2D eigenvalue weighted by atomic mass is 10.2. The van der Waals surface area contributed by atoms with Crippen molar-refractivity contribution in [1.29, 1.82) is 0 Å². The minimum Gasteiger partial charge on any atom is -0.393 e. The molecule has 2 amide bonds. The first-order chi connectivity index (χ1) is 9.58. The average Bonchev–Trinajstić information content (AvgIpc) is 2.45. The third-order valence-electron chi connectivity index (χ3n) is 3.03. The van der Waals surface area contributed by atoms with E-state index in [2.05, 4.69) is 4.98 Å². The number of carbonyl (C=O) groups excluding carboxylic acids is 1. The second kappa shape index (κ2) is 8.47. The van der Waals surface area contributed by atoms with Crippen LogP contribution in [0.15, 0.2) is 24.5 Å². The Morgan fingerprint density at radius 2 is 2.05 bits per heavy atom. The predicted molar refractivity (Wildman–Crippen MR) is 84.4 cm³/mol. The number of carbonyl (C=O) groups is 1. The predicted octanol–water partition coefficient (Wildman–Crippen LogP) is 2.02. The summed E-state index contributed by atoms with van der Waals surface area (Å²) in [6.45, 7) is 6.36. The number of aromatic nitrogens is 1. The van der Waals surface area contributed by atoms with Gasteiger partial charge >= 0.3 is 6.03 Å². The number of hydrogen-bond donors (Lipinski definition) is 1. The van der Waals surface area contributed by atoms with Crippen LogP contribution in [0.2, 0.25) is 0 Å². The molecule has 1 rings (SSSR count). The highest BCUT2D eigenvalue weighted by Gasteiger charge is 2.18. The zero-order valence-electron chi connectivity index (χ0n) is 12.1. The van der Waals surface area contributed by atoms with Gasteiger partial charge in [-0.2, -0.15) is 0 Å². The minimum atomic E-state index is 0.00935. The molecule has 6 heteroatoms. The molecule has 0 aliphatic heterocycles. The second-order valence-corrected chi connectivity index (χ2v) is 4.98. The lowest BCUT2D eigenvalue weighted by Crippen LogP contribution is -2.43. The van der Waals surface area contributed by atoms with Gasteiger partial charge in [-0.25, -0.2) is 4.79 Å². The van der Waals surface area contributed by atoms with Crippen LogP contribution in [0.25, 0.3) is 0 Å². The highest BCUT2D eigenvalue weighted by Crippen LogP contribution is 2.08. The topological polar surface area (TPSA) is 62.5 Å². The lowest BCUT2D eigenvalue weighted by molar-refractivity contribution is 0.156. The van der Waals surface area contributed by atoms with E-state index in [4.69, 9.17) is 18.0 Å². The first-order valence-electron chi connectivity index (χ1n) is 6.79. The van der Waals surface area contributed by atoms with Crippen LogP contribution in [0.3, 0.4) is 0 Å². The summed E-state index contributed by atoms with van der Waals surface area (Å²) in [5.74, 6) is 0. The lowest BCUT2D eigenvalue weighted by Gasteiger charge is -2.29. The third kappa shape index (κ3) is 5.13. The summed E-state index contributed by atoms with van der Waals surface area (Å²) in [6.07, 6.45) is 4.01. The maximum absolute atomic E-state index is 12.5. The van der Waals surface area contributed by atoms with E-state index in [1.165, 1.54) is 0 Å². The van der Waals surface area contributed by atoms with Crippen LogP contribution in [-0.2, 0) is 6.54 Å². The Morgan fingerprint density at radius 1 is 1.35 bits per heavy atom. The normalized spacial score (nSPS) is 10.1. The van der Waals surface area contributed by atoms with Crippen molar-refractivity contribution in [2.24, 2.45) is 5.73 Å². The standard InChI is InChI=1S/C14H22N4OS/c1-3-17(4-2)14(19)18(9-7-13(15)20)11-12-6-5-8-16-10-12/h5-6,8,10H,3-4,7,9,11H2,1-2H3,(H2,15,20). The molecule has 0 aliphatic carbocycles. The maximum Gasteiger partial charge on any atom is 0.320 e. The number of thiocarbonyl (C=S) groups is 1. The van der Waals surface area contributed by atoms with Gasteiger partial charge in [-0.1, -0.05) is 18.3 Å². The number of hydrogen-bond acceptors (Lipinski definition) is 3. The Hall–Kier alpha value is -1.69. The minimum absolute atomic E-state index is 0.00935. The van der Waals surface area contributed by atoms with Gasteiger partial charge in [0.2, 0.25) is 0 Å². The smallest absolute Gasteiger partial charge is 0.320 e. The molecule has 0 unspecified atom stereocenters. The number of nitrogens with zero attached hydrogens (tertiary/aromatic N) is 3.